The van der Waals surface area contributed by atoms with E-state index >= 15 is 0 Å². The number of rotatable bonds is 2. The Morgan fingerprint density at radius 2 is 2.15 bits per heavy atom. The molecule has 0 atom stereocenters. The topological polar surface area (TPSA) is 72.5 Å². The molecule has 0 saturated heterocycles. The summed E-state index contributed by atoms with van der Waals surface area (Å²) in [5, 5.41) is 8.72. The van der Waals surface area contributed by atoms with E-state index in [9.17, 15) is 4.79 Å². The Hall–Kier alpha value is -1.23. The van der Waals surface area contributed by atoms with E-state index in [2.05, 4.69) is 0 Å². The standard InChI is InChI=1S/C8H9NO3.BrH/c1-12-6-4-2-3-5(9)7(6)8(10)11;/h2-4H,9H2,1H3,(H,10,11);1H. The van der Waals surface area contributed by atoms with Gasteiger partial charge < -0.3 is 15.6 Å². The number of ether oxygens (including phenoxy) is 1. The third-order valence-electron chi connectivity index (χ3n) is 1.49. The van der Waals surface area contributed by atoms with Gasteiger partial charge in [0.2, 0.25) is 0 Å². The largest absolute Gasteiger partial charge is 0.496 e. The average Bonchev–Trinajstić information content (AvgIpc) is 2.03. The van der Waals surface area contributed by atoms with Gasteiger partial charge in [-0.1, -0.05) is 6.07 Å². The summed E-state index contributed by atoms with van der Waals surface area (Å²) in [4.78, 5) is 10.6. The lowest BCUT2D eigenvalue weighted by molar-refractivity contribution is 0.0694. The third-order valence-corrected chi connectivity index (χ3v) is 1.49. The molecule has 72 valence electrons. The van der Waals surface area contributed by atoms with Crippen molar-refractivity contribution in [3.05, 3.63) is 23.8 Å². The molecule has 0 aromatic heterocycles. The highest BCUT2D eigenvalue weighted by Crippen LogP contribution is 2.23. The highest BCUT2D eigenvalue weighted by Gasteiger charge is 2.13. The van der Waals surface area contributed by atoms with E-state index in [-0.39, 0.29) is 34.0 Å². The van der Waals surface area contributed by atoms with Gasteiger partial charge in [-0.25, -0.2) is 4.79 Å². The summed E-state index contributed by atoms with van der Waals surface area (Å²) in [6, 6.07) is 4.71. The second kappa shape index (κ2) is 4.71. The molecule has 0 bridgehead atoms. The molecule has 5 heteroatoms. The lowest BCUT2D eigenvalue weighted by Crippen LogP contribution is -2.04. The first-order valence-electron chi connectivity index (χ1n) is 3.32. The molecule has 0 unspecified atom stereocenters. The van der Waals surface area contributed by atoms with Crippen molar-refractivity contribution in [1.82, 2.24) is 0 Å². The van der Waals surface area contributed by atoms with Gasteiger partial charge in [-0.05, 0) is 12.1 Å². The summed E-state index contributed by atoms with van der Waals surface area (Å²) in [6.07, 6.45) is 0. The predicted octanol–water partition coefficient (Wildman–Crippen LogP) is 1.55. The van der Waals surface area contributed by atoms with Crippen LogP contribution < -0.4 is 10.5 Å². The van der Waals surface area contributed by atoms with E-state index in [1.807, 2.05) is 0 Å². The van der Waals surface area contributed by atoms with Crippen LogP contribution in [0.2, 0.25) is 0 Å². The quantitative estimate of drug-likeness (QED) is 0.779. The van der Waals surface area contributed by atoms with Gasteiger partial charge in [-0.2, -0.15) is 0 Å². The number of hydrogen-bond acceptors (Lipinski definition) is 3. The van der Waals surface area contributed by atoms with Gasteiger partial charge in [0.05, 0.1) is 7.11 Å². The zero-order chi connectivity index (χ0) is 9.14. The first kappa shape index (κ1) is 11.8. The Kier molecular flexibility index (Phi) is 4.27. The number of aromatic carboxylic acids is 1. The molecule has 0 radical (unpaired) electrons. The van der Waals surface area contributed by atoms with Crippen molar-refractivity contribution in [2.24, 2.45) is 0 Å². The summed E-state index contributed by atoms with van der Waals surface area (Å²) in [5.41, 5.74) is 5.66. The molecule has 4 nitrogen and oxygen atoms in total. The van der Waals surface area contributed by atoms with E-state index in [0.717, 1.165) is 0 Å². The number of carbonyl (C=O) groups is 1. The number of anilines is 1. The summed E-state index contributed by atoms with van der Waals surface area (Å²) < 4.78 is 4.83. The molecule has 0 fully saturated rings. The van der Waals surface area contributed by atoms with Gasteiger partial charge in [-0.15, -0.1) is 17.0 Å². The Labute approximate surface area is 86.1 Å². The van der Waals surface area contributed by atoms with Crippen LogP contribution in [0.1, 0.15) is 10.4 Å². The predicted molar refractivity (Wildman–Crippen MR) is 54.7 cm³/mol. The van der Waals surface area contributed by atoms with Crippen LogP contribution in [0.4, 0.5) is 5.69 Å². The number of halogens is 1. The Morgan fingerprint density at radius 3 is 2.54 bits per heavy atom. The van der Waals surface area contributed by atoms with Crippen LogP contribution in [0, 0.1) is 0 Å². The zero-order valence-corrected chi connectivity index (χ0v) is 8.69. The molecule has 0 aliphatic carbocycles. The van der Waals surface area contributed by atoms with Gasteiger partial charge in [-0.3, -0.25) is 0 Å². The smallest absolute Gasteiger partial charge is 0.341 e. The molecule has 0 aliphatic rings. The lowest BCUT2D eigenvalue weighted by Gasteiger charge is -2.05. The van der Waals surface area contributed by atoms with E-state index < -0.39 is 5.97 Å². The minimum Gasteiger partial charge on any atom is -0.496 e. The normalized spacial score (nSPS) is 8.69. The number of carboxylic acid groups (broad SMARTS) is 1. The van der Waals surface area contributed by atoms with Crippen LogP contribution in [0.5, 0.6) is 5.75 Å². The second-order valence-electron chi connectivity index (χ2n) is 2.23. The maximum Gasteiger partial charge on any atom is 0.341 e. The van der Waals surface area contributed by atoms with E-state index in [1.54, 1.807) is 12.1 Å². The van der Waals surface area contributed by atoms with Gasteiger partial charge >= 0.3 is 5.97 Å². The Morgan fingerprint density at radius 1 is 1.54 bits per heavy atom. The minimum atomic E-state index is -1.08. The fourth-order valence-electron chi connectivity index (χ4n) is 0.947. The van der Waals surface area contributed by atoms with Gasteiger partial charge in [0.15, 0.2) is 0 Å². The van der Waals surface area contributed by atoms with Crippen molar-refractivity contribution in [2.75, 3.05) is 12.8 Å². The molecule has 1 rings (SSSR count). The number of benzene rings is 1. The summed E-state index contributed by atoms with van der Waals surface area (Å²) in [5.74, 6) is -0.799. The molecule has 3 N–H and O–H groups in total. The van der Waals surface area contributed by atoms with Crippen molar-refractivity contribution in [3.63, 3.8) is 0 Å². The summed E-state index contributed by atoms with van der Waals surface area (Å²) in [7, 11) is 1.40. The Balaban J connectivity index is 0.00000144. The first-order chi connectivity index (χ1) is 5.66. The highest BCUT2D eigenvalue weighted by molar-refractivity contribution is 8.93. The highest BCUT2D eigenvalue weighted by atomic mass is 79.9. The van der Waals surface area contributed by atoms with Crippen LogP contribution >= 0.6 is 17.0 Å². The average molecular weight is 248 g/mol. The molecule has 0 spiro atoms. The number of carboxylic acids is 1. The van der Waals surface area contributed by atoms with Crippen LogP contribution in [0.25, 0.3) is 0 Å². The van der Waals surface area contributed by atoms with Crippen LogP contribution in [-0.2, 0) is 0 Å². The molecule has 1 aromatic carbocycles. The summed E-state index contributed by atoms with van der Waals surface area (Å²) in [6.45, 7) is 0. The molecular weight excluding hydrogens is 238 g/mol. The van der Waals surface area contributed by atoms with Crippen LogP contribution in [-0.4, -0.2) is 18.2 Å². The molecule has 0 amide bonds. The SMILES string of the molecule is Br.COc1cccc(N)c1C(=O)O. The third kappa shape index (κ3) is 2.35. The molecular formula is C8H10BrNO3. The van der Waals surface area contributed by atoms with Gasteiger partial charge in [0.1, 0.15) is 11.3 Å². The Bertz CT molecular complexity index is 314. The van der Waals surface area contributed by atoms with Crippen LogP contribution in [0.3, 0.4) is 0 Å². The van der Waals surface area contributed by atoms with Gasteiger partial charge in [0, 0.05) is 5.69 Å². The van der Waals surface area contributed by atoms with Crippen molar-refractivity contribution < 1.29 is 14.6 Å². The number of methoxy groups -OCH3 is 1. The van der Waals surface area contributed by atoms with Crippen molar-refractivity contribution in [1.29, 1.82) is 0 Å². The maximum absolute atomic E-state index is 10.6. The zero-order valence-electron chi connectivity index (χ0n) is 6.98. The molecule has 0 saturated carbocycles. The number of hydrogen-bond donors (Lipinski definition) is 2. The van der Waals surface area contributed by atoms with Gasteiger partial charge in [0.25, 0.3) is 0 Å². The van der Waals surface area contributed by atoms with E-state index in [4.69, 9.17) is 15.6 Å². The van der Waals surface area contributed by atoms with Crippen molar-refractivity contribution >= 4 is 28.6 Å². The van der Waals surface area contributed by atoms with Crippen LogP contribution in [0.15, 0.2) is 18.2 Å². The number of nitrogens with two attached hydrogens (primary N) is 1. The monoisotopic (exact) mass is 247 g/mol. The fourth-order valence-corrected chi connectivity index (χ4v) is 0.947. The van der Waals surface area contributed by atoms with E-state index in [0.29, 0.717) is 0 Å². The maximum atomic E-state index is 10.6. The minimum absolute atomic E-state index is 0. The fraction of sp³-hybridized carbons (Fsp3) is 0.125. The molecule has 0 aliphatic heterocycles. The first-order valence-corrected chi connectivity index (χ1v) is 3.32. The van der Waals surface area contributed by atoms with Crippen molar-refractivity contribution in [3.8, 4) is 5.75 Å². The second-order valence-corrected chi connectivity index (χ2v) is 2.23. The van der Waals surface area contributed by atoms with Crippen molar-refractivity contribution in [2.45, 2.75) is 0 Å². The summed E-state index contributed by atoms with van der Waals surface area (Å²) >= 11 is 0. The molecule has 0 heterocycles. The molecule has 13 heavy (non-hydrogen) atoms. The number of nitrogen functional groups attached to an aromatic ring is 1. The van der Waals surface area contributed by atoms with E-state index in [1.165, 1.54) is 13.2 Å². The molecule has 1 aromatic rings. The lowest BCUT2D eigenvalue weighted by atomic mass is 10.1.